The highest BCUT2D eigenvalue weighted by Gasteiger charge is 2.25. The molecule has 0 aliphatic heterocycles. The Bertz CT molecular complexity index is 825. The number of hydrogen-bond acceptors (Lipinski definition) is 5. The number of methoxy groups -OCH3 is 1. The van der Waals surface area contributed by atoms with Crippen LogP contribution in [-0.4, -0.2) is 41.7 Å². The molecule has 2 aromatic rings. The van der Waals surface area contributed by atoms with Gasteiger partial charge in [-0.2, -0.15) is 0 Å². The predicted octanol–water partition coefficient (Wildman–Crippen LogP) is 3.34. The first-order valence-corrected chi connectivity index (χ1v) is 9.14. The van der Waals surface area contributed by atoms with Crippen LogP contribution in [-0.2, 0) is 22.5 Å². The Kier molecular flexibility index (Phi) is 6.18. The molecule has 1 amide bonds. The first kappa shape index (κ1) is 19.4. The maximum Gasteiger partial charge on any atom is 0.339 e. The number of carbonyl (C=O) groups is 3. The molecule has 25 heavy (non-hydrogen) atoms. The zero-order valence-corrected chi connectivity index (χ0v) is 16.8. The van der Waals surface area contributed by atoms with E-state index in [1.165, 1.54) is 14.0 Å². The van der Waals surface area contributed by atoms with E-state index in [9.17, 15) is 14.4 Å². The molecule has 0 bridgehead atoms. The van der Waals surface area contributed by atoms with Gasteiger partial charge in [-0.3, -0.25) is 9.59 Å². The molecule has 134 valence electrons. The molecule has 0 radical (unpaired) electrons. The molecule has 0 fully saturated rings. The number of H-pyrrole nitrogens is 1. The predicted molar refractivity (Wildman–Crippen MR) is 99.1 cm³/mol. The van der Waals surface area contributed by atoms with E-state index in [1.807, 2.05) is 12.1 Å². The number of carbonyl (C=O) groups excluding carboxylic acids is 3. The number of Topliss-reactive ketones (excluding diaryl/α,β-unsaturated/α-hetero) is 1. The van der Waals surface area contributed by atoms with E-state index < -0.39 is 5.97 Å². The quantitative estimate of drug-likeness (QED) is 0.567. The Morgan fingerprint density at radius 1 is 1.32 bits per heavy atom. The van der Waals surface area contributed by atoms with Gasteiger partial charge in [-0.1, -0.05) is 0 Å². The van der Waals surface area contributed by atoms with Crippen molar-refractivity contribution in [3.8, 4) is 0 Å². The Hall–Kier alpha value is -1.93. The van der Waals surface area contributed by atoms with Crippen molar-refractivity contribution < 1.29 is 19.1 Å². The van der Waals surface area contributed by atoms with E-state index in [-0.39, 0.29) is 23.7 Å². The average molecular weight is 427 g/mol. The number of aromatic nitrogens is 1. The number of ketones is 1. The summed E-state index contributed by atoms with van der Waals surface area (Å²) in [5.74, 6) is -0.918. The molecule has 0 atom stereocenters. The SMILES string of the molecule is COC(=O)c1c(CC(=O)N(C)Cc2ccc(Br)s2)[nH]c(C(C)=O)c1C. The van der Waals surface area contributed by atoms with Gasteiger partial charge in [-0.25, -0.2) is 4.79 Å². The summed E-state index contributed by atoms with van der Waals surface area (Å²) in [7, 11) is 2.98. The van der Waals surface area contributed by atoms with Crippen molar-refractivity contribution in [1.82, 2.24) is 9.88 Å². The van der Waals surface area contributed by atoms with Crippen molar-refractivity contribution >= 4 is 44.9 Å². The summed E-state index contributed by atoms with van der Waals surface area (Å²) in [5, 5.41) is 0. The van der Waals surface area contributed by atoms with E-state index in [0.717, 1.165) is 8.66 Å². The maximum absolute atomic E-state index is 12.5. The molecule has 8 heteroatoms. The second kappa shape index (κ2) is 7.97. The van der Waals surface area contributed by atoms with Gasteiger partial charge in [-0.15, -0.1) is 11.3 Å². The second-order valence-electron chi connectivity index (χ2n) is 5.66. The maximum atomic E-state index is 12.5. The van der Waals surface area contributed by atoms with E-state index in [2.05, 4.69) is 20.9 Å². The van der Waals surface area contributed by atoms with Crippen LogP contribution in [0.5, 0.6) is 0 Å². The Morgan fingerprint density at radius 2 is 2.00 bits per heavy atom. The minimum absolute atomic E-state index is 0.0123. The summed E-state index contributed by atoms with van der Waals surface area (Å²) in [4.78, 5) is 41.9. The third-order valence-electron chi connectivity index (χ3n) is 3.84. The molecule has 0 saturated heterocycles. The molecule has 0 aliphatic carbocycles. The standard InChI is InChI=1S/C17H19BrN2O4S/c1-9-15(17(23)24-4)12(19-16(9)10(2)21)7-14(22)20(3)8-11-5-6-13(18)25-11/h5-6,19H,7-8H2,1-4H3. The number of hydrogen-bond donors (Lipinski definition) is 1. The number of halogens is 1. The summed E-state index contributed by atoms with van der Waals surface area (Å²) < 4.78 is 5.79. The van der Waals surface area contributed by atoms with Gasteiger partial charge in [0.1, 0.15) is 0 Å². The molecule has 0 aromatic carbocycles. The van der Waals surface area contributed by atoms with Gasteiger partial charge in [0.15, 0.2) is 5.78 Å². The summed E-state index contributed by atoms with van der Waals surface area (Å²) >= 11 is 4.96. The minimum atomic E-state index is -0.561. The zero-order chi connectivity index (χ0) is 18.7. The van der Waals surface area contributed by atoms with Crippen molar-refractivity contribution in [3.63, 3.8) is 0 Å². The van der Waals surface area contributed by atoms with Crippen LogP contribution in [0.1, 0.15) is 43.9 Å². The van der Waals surface area contributed by atoms with Gasteiger partial charge in [-0.05, 0) is 40.5 Å². The van der Waals surface area contributed by atoms with Crippen LogP contribution < -0.4 is 0 Å². The molecule has 2 heterocycles. The topological polar surface area (TPSA) is 79.5 Å². The molecular weight excluding hydrogens is 408 g/mol. The number of amides is 1. The lowest BCUT2D eigenvalue weighted by molar-refractivity contribution is -0.129. The fourth-order valence-electron chi connectivity index (χ4n) is 2.57. The molecule has 0 saturated carbocycles. The monoisotopic (exact) mass is 426 g/mol. The number of nitrogens with zero attached hydrogens (tertiary/aromatic N) is 1. The third kappa shape index (κ3) is 4.38. The molecule has 2 rings (SSSR count). The van der Waals surface area contributed by atoms with Crippen molar-refractivity contribution in [2.24, 2.45) is 0 Å². The van der Waals surface area contributed by atoms with Gasteiger partial charge in [0.05, 0.1) is 35.1 Å². The number of rotatable bonds is 6. The van der Waals surface area contributed by atoms with E-state index in [4.69, 9.17) is 4.74 Å². The fourth-order valence-corrected chi connectivity index (χ4v) is 4.10. The van der Waals surface area contributed by atoms with Gasteiger partial charge in [0, 0.05) is 24.5 Å². The van der Waals surface area contributed by atoms with E-state index >= 15 is 0 Å². The third-order valence-corrected chi connectivity index (χ3v) is 5.45. The smallest absolute Gasteiger partial charge is 0.339 e. The molecule has 0 unspecified atom stereocenters. The average Bonchev–Trinajstić information content (AvgIpc) is 3.10. The lowest BCUT2D eigenvalue weighted by Gasteiger charge is -2.16. The fraction of sp³-hybridized carbons (Fsp3) is 0.353. The van der Waals surface area contributed by atoms with Crippen LogP contribution in [0.25, 0.3) is 0 Å². The van der Waals surface area contributed by atoms with E-state index in [1.54, 1.807) is 30.2 Å². The molecule has 2 aromatic heterocycles. The largest absolute Gasteiger partial charge is 0.465 e. The molecule has 6 nitrogen and oxygen atoms in total. The first-order chi connectivity index (χ1) is 11.7. The summed E-state index contributed by atoms with van der Waals surface area (Å²) in [6.45, 7) is 3.55. The number of esters is 1. The molecule has 1 N–H and O–H groups in total. The van der Waals surface area contributed by atoms with Crippen molar-refractivity contribution in [1.29, 1.82) is 0 Å². The van der Waals surface area contributed by atoms with Crippen LogP contribution in [0, 0.1) is 6.92 Å². The van der Waals surface area contributed by atoms with Crippen LogP contribution in [0.3, 0.4) is 0 Å². The Morgan fingerprint density at radius 3 is 2.52 bits per heavy atom. The lowest BCUT2D eigenvalue weighted by Crippen LogP contribution is -2.28. The van der Waals surface area contributed by atoms with Crippen molar-refractivity contribution in [2.75, 3.05) is 14.2 Å². The Balaban J connectivity index is 2.23. The Labute approximate surface area is 158 Å². The van der Waals surface area contributed by atoms with Crippen LogP contribution in [0.2, 0.25) is 0 Å². The van der Waals surface area contributed by atoms with Crippen LogP contribution in [0.4, 0.5) is 0 Å². The highest BCUT2D eigenvalue weighted by molar-refractivity contribution is 9.11. The van der Waals surface area contributed by atoms with Crippen molar-refractivity contribution in [3.05, 3.63) is 43.3 Å². The highest BCUT2D eigenvalue weighted by Crippen LogP contribution is 2.24. The van der Waals surface area contributed by atoms with Gasteiger partial charge in [0.2, 0.25) is 5.91 Å². The van der Waals surface area contributed by atoms with Crippen LogP contribution >= 0.6 is 27.3 Å². The minimum Gasteiger partial charge on any atom is -0.465 e. The highest BCUT2D eigenvalue weighted by atomic mass is 79.9. The van der Waals surface area contributed by atoms with Crippen molar-refractivity contribution in [2.45, 2.75) is 26.8 Å². The zero-order valence-electron chi connectivity index (χ0n) is 14.4. The number of thiophene rings is 1. The van der Waals surface area contributed by atoms with Gasteiger partial charge >= 0.3 is 5.97 Å². The van der Waals surface area contributed by atoms with Gasteiger partial charge in [0.25, 0.3) is 0 Å². The molecule has 0 aliphatic rings. The van der Waals surface area contributed by atoms with Crippen LogP contribution in [0.15, 0.2) is 15.9 Å². The molecule has 0 spiro atoms. The van der Waals surface area contributed by atoms with E-state index in [0.29, 0.717) is 23.5 Å². The lowest BCUT2D eigenvalue weighted by atomic mass is 10.1. The number of ether oxygens (including phenoxy) is 1. The van der Waals surface area contributed by atoms with Gasteiger partial charge < -0.3 is 14.6 Å². The number of aromatic amines is 1. The summed E-state index contributed by atoms with van der Waals surface area (Å²) in [5.41, 5.74) is 1.49. The second-order valence-corrected chi connectivity index (χ2v) is 8.21. The molecular formula is C17H19BrN2O4S. The number of nitrogens with one attached hydrogen (secondary N) is 1. The number of likely N-dealkylation sites (N-methyl/N-ethyl adjacent to an activating group) is 1. The summed E-state index contributed by atoms with van der Waals surface area (Å²) in [6, 6.07) is 3.88. The summed E-state index contributed by atoms with van der Waals surface area (Å²) in [6.07, 6.45) is -0.0123. The normalized spacial score (nSPS) is 10.6. The first-order valence-electron chi connectivity index (χ1n) is 7.53.